The molecule has 1 saturated heterocycles. The number of fused-ring (bicyclic) bond motifs is 3. The Kier molecular flexibility index (Phi) is 6.50. The fourth-order valence-corrected chi connectivity index (χ4v) is 4.96. The molecule has 3 aliphatic rings. The summed E-state index contributed by atoms with van der Waals surface area (Å²) in [6, 6.07) is 0. The lowest BCUT2D eigenvalue weighted by Crippen LogP contribution is -2.50. The average molecular weight is 445 g/mol. The van der Waals surface area contributed by atoms with Crippen LogP contribution in [0.15, 0.2) is 34.4 Å². The standard InChI is InChI=1S/C25H32O7/c1-8-13(4)23(28)32-25(7)21-17(30-18(27)9-12(2)3)11-15(6)19-16(26)10-14(5)20(19)22(21)31-24(25)29/h8,10,12,17,20-22H,9,11H2,1-7H3. The van der Waals surface area contributed by atoms with Crippen molar-refractivity contribution in [1.82, 2.24) is 0 Å². The predicted molar refractivity (Wildman–Crippen MR) is 116 cm³/mol. The van der Waals surface area contributed by atoms with Crippen molar-refractivity contribution >= 4 is 23.7 Å². The van der Waals surface area contributed by atoms with E-state index in [-0.39, 0.29) is 24.5 Å². The molecule has 5 atom stereocenters. The molecule has 7 heteroatoms. The molecule has 0 spiro atoms. The summed E-state index contributed by atoms with van der Waals surface area (Å²) >= 11 is 0. The van der Waals surface area contributed by atoms with E-state index in [0.717, 1.165) is 11.1 Å². The van der Waals surface area contributed by atoms with Crippen molar-refractivity contribution < 1.29 is 33.4 Å². The number of hydrogen-bond donors (Lipinski definition) is 0. The van der Waals surface area contributed by atoms with Gasteiger partial charge in [0.2, 0.25) is 5.60 Å². The molecule has 0 saturated carbocycles. The third-order valence-corrected chi connectivity index (χ3v) is 6.68. The number of ketones is 1. The number of rotatable bonds is 5. The minimum Gasteiger partial charge on any atom is -0.461 e. The third-order valence-electron chi connectivity index (χ3n) is 6.68. The first-order chi connectivity index (χ1) is 14.9. The second-order valence-corrected chi connectivity index (χ2v) is 9.62. The van der Waals surface area contributed by atoms with Gasteiger partial charge in [-0.25, -0.2) is 9.59 Å². The molecule has 3 rings (SSSR count). The number of carbonyl (C=O) groups excluding carboxylic acids is 4. The summed E-state index contributed by atoms with van der Waals surface area (Å²) in [6.07, 6.45) is 2.08. The van der Waals surface area contributed by atoms with Crippen molar-refractivity contribution in [2.45, 2.75) is 79.1 Å². The largest absolute Gasteiger partial charge is 0.461 e. The van der Waals surface area contributed by atoms with Gasteiger partial charge in [0, 0.05) is 29.9 Å². The van der Waals surface area contributed by atoms with Crippen LogP contribution in [0.3, 0.4) is 0 Å². The van der Waals surface area contributed by atoms with Gasteiger partial charge in [0.05, 0.1) is 5.92 Å². The number of ether oxygens (including phenoxy) is 3. The van der Waals surface area contributed by atoms with Crippen LogP contribution in [0.25, 0.3) is 0 Å². The lowest BCUT2D eigenvalue weighted by atomic mass is 9.77. The number of esters is 3. The maximum atomic E-state index is 13.1. The summed E-state index contributed by atoms with van der Waals surface area (Å²) in [6.45, 7) is 12.3. The molecular weight excluding hydrogens is 412 g/mol. The Hall–Kier alpha value is -2.70. The number of hydrogen-bond acceptors (Lipinski definition) is 7. The highest BCUT2D eigenvalue weighted by Crippen LogP contribution is 2.51. The Labute approximate surface area is 188 Å². The Morgan fingerprint density at radius 1 is 1.28 bits per heavy atom. The van der Waals surface area contributed by atoms with Gasteiger partial charge in [-0.05, 0) is 46.6 Å². The highest BCUT2D eigenvalue weighted by molar-refractivity contribution is 6.09. The van der Waals surface area contributed by atoms with E-state index in [4.69, 9.17) is 14.2 Å². The first-order valence-electron chi connectivity index (χ1n) is 11.1. The van der Waals surface area contributed by atoms with Crippen LogP contribution in [0.4, 0.5) is 0 Å². The van der Waals surface area contributed by atoms with Gasteiger partial charge in [-0.15, -0.1) is 0 Å². The van der Waals surface area contributed by atoms with Gasteiger partial charge in [0.25, 0.3) is 0 Å². The minimum absolute atomic E-state index is 0.0951. The van der Waals surface area contributed by atoms with Crippen LogP contribution in [0, 0.1) is 17.8 Å². The summed E-state index contributed by atoms with van der Waals surface area (Å²) in [4.78, 5) is 51.1. The van der Waals surface area contributed by atoms with Gasteiger partial charge in [0.1, 0.15) is 12.2 Å². The van der Waals surface area contributed by atoms with Crippen LogP contribution < -0.4 is 0 Å². The van der Waals surface area contributed by atoms with Gasteiger partial charge < -0.3 is 14.2 Å². The van der Waals surface area contributed by atoms with Gasteiger partial charge in [-0.2, -0.15) is 0 Å². The van der Waals surface area contributed by atoms with Gasteiger partial charge in [-0.1, -0.05) is 31.1 Å². The normalized spacial score (nSPS) is 32.2. The van der Waals surface area contributed by atoms with Gasteiger partial charge >= 0.3 is 17.9 Å². The average Bonchev–Trinajstić information content (AvgIpc) is 3.06. The molecule has 0 bridgehead atoms. The van der Waals surface area contributed by atoms with Crippen LogP contribution in [0.2, 0.25) is 0 Å². The summed E-state index contributed by atoms with van der Waals surface area (Å²) in [7, 11) is 0. The second-order valence-electron chi connectivity index (χ2n) is 9.62. The van der Waals surface area contributed by atoms with Crippen molar-refractivity contribution in [3.63, 3.8) is 0 Å². The maximum absolute atomic E-state index is 13.1. The highest BCUT2D eigenvalue weighted by Gasteiger charge is 2.65. The Bertz CT molecular complexity index is 951. The molecular formula is C25H32O7. The van der Waals surface area contributed by atoms with E-state index in [9.17, 15) is 19.2 Å². The summed E-state index contributed by atoms with van der Waals surface area (Å²) < 4.78 is 17.4. The molecule has 5 unspecified atom stereocenters. The maximum Gasteiger partial charge on any atom is 0.351 e. The monoisotopic (exact) mass is 444 g/mol. The Balaban J connectivity index is 2.08. The fraction of sp³-hybridized carbons (Fsp3) is 0.600. The second kappa shape index (κ2) is 8.68. The zero-order valence-corrected chi connectivity index (χ0v) is 19.8. The van der Waals surface area contributed by atoms with Crippen molar-refractivity contribution in [1.29, 1.82) is 0 Å². The van der Waals surface area contributed by atoms with E-state index in [2.05, 4.69) is 0 Å². The zero-order chi connectivity index (χ0) is 24.0. The fourth-order valence-electron chi connectivity index (χ4n) is 4.96. The zero-order valence-electron chi connectivity index (χ0n) is 19.8. The van der Waals surface area contributed by atoms with Crippen LogP contribution in [0.1, 0.15) is 61.3 Å². The first-order valence-corrected chi connectivity index (χ1v) is 11.1. The molecule has 0 radical (unpaired) electrons. The quantitative estimate of drug-likeness (QED) is 0.363. The molecule has 174 valence electrons. The molecule has 32 heavy (non-hydrogen) atoms. The lowest BCUT2D eigenvalue weighted by molar-refractivity contribution is -0.176. The molecule has 0 aromatic heterocycles. The van der Waals surface area contributed by atoms with Gasteiger partial charge in [-0.3, -0.25) is 9.59 Å². The molecule has 0 N–H and O–H groups in total. The molecule has 2 aliphatic carbocycles. The van der Waals surface area contributed by atoms with Crippen molar-refractivity contribution in [2.24, 2.45) is 17.8 Å². The number of allylic oxidation sites excluding steroid dienone is 2. The summed E-state index contributed by atoms with van der Waals surface area (Å²) in [5.41, 5.74) is 0.844. The van der Waals surface area contributed by atoms with Crippen LogP contribution in [-0.2, 0) is 33.4 Å². The van der Waals surface area contributed by atoms with Crippen LogP contribution >= 0.6 is 0 Å². The molecule has 7 nitrogen and oxygen atoms in total. The van der Waals surface area contributed by atoms with E-state index in [1.54, 1.807) is 26.0 Å². The first kappa shape index (κ1) is 24.0. The molecule has 1 fully saturated rings. The van der Waals surface area contributed by atoms with Crippen molar-refractivity contribution in [3.8, 4) is 0 Å². The topological polar surface area (TPSA) is 96.0 Å². The molecule has 0 aromatic rings. The molecule has 1 heterocycles. The van der Waals surface area contributed by atoms with E-state index in [1.165, 1.54) is 6.92 Å². The van der Waals surface area contributed by atoms with Crippen molar-refractivity contribution in [2.75, 3.05) is 0 Å². The smallest absolute Gasteiger partial charge is 0.351 e. The summed E-state index contributed by atoms with van der Waals surface area (Å²) in [5, 5.41) is 0. The number of carbonyl (C=O) groups is 4. The Morgan fingerprint density at radius 3 is 2.53 bits per heavy atom. The SMILES string of the molecule is CC=C(C)C(=O)OC1(C)C(=O)OC2C3C(C)=CC(=O)C3=C(C)CC(OC(=O)CC(C)C)C21. The molecule has 1 aliphatic heterocycles. The molecule has 0 amide bonds. The van der Waals surface area contributed by atoms with E-state index >= 15 is 0 Å². The van der Waals surface area contributed by atoms with Gasteiger partial charge in [0.15, 0.2) is 5.78 Å². The lowest BCUT2D eigenvalue weighted by Gasteiger charge is -2.34. The van der Waals surface area contributed by atoms with E-state index in [0.29, 0.717) is 11.1 Å². The molecule has 0 aromatic carbocycles. The van der Waals surface area contributed by atoms with E-state index < -0.39 is 47.6 Å². The highest BCUT2D eigenvalue weighted by atomic mass is 16.6. The van der Waals surface area contributed by atoms with E-state index in [1.807, 2.05) is 27.7 Å². The Morgan fingerprint density at radius 2 is 1.94 bits per heavy atom. The van der Waals surface area contributed by atoms with Crippen LogP contribution in [-0.4, -0.2) is 41.5 Å². The minimum atomic E-state index is -1.66. The predicted octanol–water partition coefficient (Wildman–Crippen LogP) is 3.62. The summed E-state index contributed by atoms with van der Waals surface area (Å²) in [5.74, 6) is -2.96. The van der Waals surface area contributed by atoms with Crippen LogP contribution in [0.5, 0.6) is 0 Å². The third kappa shape index (κ3) is 4.05. The van der Waals surface area contributed by atoms with Crippen molar-refractivity contribution in [3.05, 3.63) is 34.4 Å².